The highest BCUT2D eigenvalue weighted by Crippen LogP contribution is 2.31. The number of piperidine rings is 1. The van der Waals surface area contributed by atoms with Crippen LogP contribution < -0.4 is 4.90 Å². The van der Waals surface area contributed by atoms with Gasteiger partial charge in [-0.1, -0.05) is 12.1 Å². The maximum Gasteiger partial charge on any atom is 0.256 e. The first-order valence-corrected chi connectivity index (χ1v) is 9.66. The van der Waals surface area contributed by atoms with Crippen molar-refractivity contribution in [3.05, 3.63) is 66.2 Å². The van der Waals surface area contributed by atoms with Crippen LogP contribution in [0.1, 0.15) is 41.4 Å². The Morgan fingerprint density at radius 3 is 2.64 bits per heavy atom. The molecule has 1 amide bonds. The van der Waals surface area contributed by atoms with E-state index in [-0.39, 0.29) is 11.9 Å². The second-order valence-electron chi connectivity index (χ2n) is 7.43. The van der Waals surface area contributed by atoms with Gasteiger partial charge in [-0.05, 0) is 49.1 Å². The van der Waals surface area contributed by atoms with Crippen molar-refractivity contribution >= 4 is 11.6 Å². The average Bonchev–Trinajstić information content (AvgIpc) is 3.28. The van der Waals surface area contributed by atoms with Gasteiger partial charge in [-0.25, -0.2) is 0 Å². The minimum Gasteiger partial charge on any atom is -0.378 e. The minimum absolute atomic E-state index is 0.0264. The summed E-state index contributed by atoms with van der Waals surface area (Å²) in [7, 11) is 4.04. The first-order valence-electron chi connectivity index (χ1n) is 9.66. The number of likely N-dealkylation sites (tertiary alicyclic amines) is 1. The molecule has 0 radical (unpaired) electrons. The zero-order valence-electron chi connectivity index (χ0n) is 16.3. The molecular formula is C22H25N5O. The van der Waals surface area contributed by atoms with Gasteiger partial charge in [0.2, 0.25) is 0 Å². The summed E-state index contributed by atoms with van der Waals surface area (Å²) in [6, 6.07) is 12.2. The topological polar surface area (TPSA) is 65.1 Å². The summed E-state index contributed by atoms with van der Waals surface area (Å²) >= 11 is 0. The van der Waals surface area contributed by atoms with Gasteiger partial charge in [-0.15, -0.1) is 0 Å². The van der Waals surface area contributed by atoms with Crippen molar-refractivity contribution in [2.24, 2.45) is 0 Å². The van der Waals surface area contributed by atoms with E-state index in [4.69, 9.17) is 0 Å². The third-order valence-electron chi connectivity index (χ3n) is 5.35. The molecule has 0 bridgehead atoms. The number of carbonyl (C=O) groups excluding carboxylic acids is 1. The largest absolute Gasteiger partial charge is 0.378 e. The number of rotatable bonds is 4. The number of H-pyrrole nitrogens is 1. The van der Waals surface area contributed by atoms with Crippen molar-refractivity contribution in [1.29, 1.82) is 0 Å². The summed E-state index contributed by atoms with van der Waals surface area (Å²) in [4.78, 5) is 21.6. The standard InChI is InChI=1S/C22H25N5O/c1-26(2)19-8-6-16(7-9-19)17-13-18(15-23-14-17)22(28)27-12-4-3-5-21(27)20-10-11-24-25-20/h6-11,13-15,21H,3-5,12H2,1-2H3,(H,24,25). The Labute approximate surface area is 165 Å². The highest BCUT2D eigenvalue weighted by atomic mass is 16.2. The fourth-order valence-corrected chi connectivity index (χ4v) is 3.78. The maximum atomic E-state index is 13.3. The number of nitrogens with zero attached hydrogens (tertiary/aromatic N) is 4. The van der Waals surface area contributed by atoms with Crippen molar-refractivity contribution in [3.63, 3.8) is 0 Å². The molecule has 1 atom stereocenters. The molecule has 4 rings (SSSR count). The lowest BCUT2D eigenvalue weighted by molar-refractivity contribution is 0.0605. The molecular weight excluding hydrogens is 350 g/mol. The number of pyridine rings is 1. The lowest BCUT2D eigenvalue weighted by atomic mass is 9.98. The van der Waals surface area contributed by atoms with Gasteiger partial charge in [-0.2, -0.15) is 5.10 Å². The highest BCUT2D eigenvalue weighted by molar-refractivity contribution is 5.95. The molecule has 1 N–H and O–H groups in total. The predicted octanol–water partition coefficient (Wildman–Crippen LogP) is 3.91. The highest BCUT2D eigenvalue weighted by Gasteiger charge is 2.29. The fourth-order valence-electron chi connectivity index (χ4n) is 3.78. The first kappa shape index (κ1) is 18.2. The summed E-state index contributed by atoms with van der Waals surface area (Å²) in [5, 5.41) is 7.09. The molecule has 144 valence electrons. The zero-order valence-corrected chi connectivity index (χ0v) is 16.3. The number of nitrogens with one attached hydrogen (secondary N) is 1. The monoisotopic (exact) mass is 375 g/mol. The van der Waals surface area contributed by atoms with Gasteiger partial charge < -0.3 is 9.80 Å². The molecule has 6 heteroatoms. The zero-order chi connectivity index (χ0) is 19.5. The number of hydrogen-bond acceptors (Lipinski definition) is 4. The van der Waals surface area contributed by atoms with E-state index in [1.165, 1.54) is 0 Å². The van der Waals surface area contributed by atoms with Crippen LogP contribution in [0.3, 0.4) is 0 Å². The Morgan fingerprint density at radius 2 is 1.93 bits per heavy atom. The van der Waals surface area contributed by atoms with Gasteiger partial charge in [0.05, 0.1) is 17.3 Å². The average molecular weight is 375 g/mol. The van der Waals surface area contributed by atoms with Crippen LogP contribution in [0.25, 0.3) is 11.1 Å². The maximum absolute atomic E-state index is 13.3. The molecule has 3 aromatic rings. The van der Waals surface area contributed by atoms with Crippen LogP contribution in [0, 0.1) is 0 Å². The number of carbonyl (C=O) groups is 1. The van der Waals surface area contributed by atoms with E-state index >= 15 is 0 Å². The number of aromatic nitrogens is 3. The molecule has 1 unspecified atom stereocenters. The van der Waals surface area contributed by atoms with E-state index < -0.39 is 0 Å². The minimum atomic E-state index is 0.0264. The molecule has 1 aliphatic heterocycles. The molecule has 1 aromatic carbocycles. The van der Waals surface area contributed by atoms with Gasteiger partial charge in [-0.3, -0.25) is 14.9 Å². The molecule has 1 saturated heterocycles. The van der Waals surface area contributed by atoms with E-state index in [2.05, 4.69) is 44.3 Å². The van der Waals surface area contributed by atoms with Crippen LogP contribution in [0.2, 0.25) is 0 Å². The van der Waals surface area contributed by atoms with Crippen molar-refractivity contribution in [1.82, 2.24) is 20.1 Å². The Kier molecular flexibility index (Phi) is 5.10. The number of amides is 1. The van der Waals surface area contributed by atoms with Gasteiger partial charge in [0.25, 0.3) is 5.91 Å². The molecule has 0 saturated carbocycles. The molecule has 6 nitrogen and oxygen atoms in total. The third kappa shape index (κ3) is 3.63. The summed E-state index contributed by atoms with van der Waals surface area (Å²) in [5.41, 5.74) is 4.76. The Bertz CT molecular complexity index is 934. The second-order valence-corrected chi connectivity index (χ2v) is 7.43. The Morgan fingerprint density at radius 1 is 1.11 bits per heavy atom. The molecule has 1 fully saturated rings. The number of aromatic amines is 1. The predicted molar refractivity (Wildman–Crippen MR) is 110 cm³/mol. The van der Waals surface area contributed by atoms with Gasteiger partial charge in [0.15, 0.2) is 0 Å². The summed E-state index contributed by atoms with van der Waals surface area (Å²) in [5.74, 6) is 0.0264. The van der Waals surface area contributed by atoms with Crippen molar-refractivity contribution < 1.29 is 4.79 Å². The quantitative estimate of drug-likeness (QED) is 0.751. The van der Waals surface area contributed by atoms with E-state index in [9.17, 15) is 4.79 Å². The van der Waals surface area contributed by atoms with Gasteiger partial charge in [0.1, 0.15) is 0 Å². The third-order valence-corrected chi connectivity index (χ3v) is 5.35. The summed E-state index contributed by atoms with van der Waals surface area (Å²) < 4.78 is 0. The van der Waals surface area contributed by atoms with Crippen LogP contribution in [0.5, 0.6) is 0 Å². The Hall–Kier alpha value is -3.15. The summed E-state index contributed by atoms with van der Waals surface area (Å²) in [6.45, 7) is 0.754. The van der Waals surface area contributed by atoms with Crippen LogP contribution in [-0.4, -0.2) is 46.6 Å². The van der Waals surface area contributed by atoms with E-state index in [0.29, 0.717) is 5.56 Å². The fraction of sp³-hybridized carbons (Fsp3) is 0.318. The van der Waals surface area contributed by atoms with Crippen LogP contribution in [-0.2, 0) is 0 Å². The van der Waals surface area contributed by atoms with Crippen LogP contribution in [0.4, 0.5) is 5.69 Å². The summed E-state index contributed by atoms with van der Waals surface area (Å²) in [6.07, 6.45) is 8.31. The second kappa shape index (κ2) is 7.84. The first-order chi connectivity index (χ1) is 13.6. The van der Waals surface area contributed by atoms with Gasteiger partial charge in [0, 0.05) is 50.5 Å². The molecule has 0 aliphatic carbocycles. The van der Waals surface area contributed by atoms with Crippen molar-refractivity contribution in [2.75, 3.05) is 25.5 Å². The van der Waals surface area contributed by atoms with Crippen LogP contribution in [0.15, 0.2) is 55.0 Å². The molecule has 2 aromatic heterocycles. The van der Waals surface area contributed by atoms with Crippen molar-refractivity contribution in [3.8, 4) is 11.1 Å². The lowest BCUT2D eigenvalue weighted by Gasteiger charge is -2.35. The van der Waals surface area contributed by atoms with Crippen LogP contribution >= 0.6 is 0 Å². The Balaban J connectivity index is 1.60. The molecule has 28 heavy (non-hydrogen) atoms. The van der Waals surface area contributed by atoms with E-state index in [1.54, 1.807) is 12.4 Å². The molecule has 1 aliphatic rings. The normalized spacial score (nSPS) is 16.8. The SMILES string of the molecule is CN(C)c1ccc(-c2cncc(C(=O)N3CCCCC3c3ccn[nH]3)c2)cc1. The molecule has 3 heterocycles. The number of benzene rings is 1. The molecule has 0 spiro atoms. The van der Waals surface area contributed by atoms with Crippen molar-refractivity contribution in [2.45, 2.75) is 25.3 Å². The number of anilines is 1. The lowest BCUT2D eigenvalue weighted by Crippen LogP contribution is -2.38. The smallest absolute Gasteiger partial charge is 0.256 e. The van der Waals surface area contributed by atoms with Gasteiger partial charge >= 0.3 is 0 Å². The van der Waals surface area contributed by atoms with E-state index in [1.807, 2.05) is 37.3 Å². The van der Waals surface area contributed by atoms with E-state index in [0.717, 1.165) is 48.3 Å². The number of hydrogen-bond donors (Lipinski definition) is 1.